The number of hydrogen-bond acceptors (Lipinski definition) is 5. The number of nitrogens with zero attached hydrogens (tertiary/aromatic N) is 4. The fourth-order valence-corrected chi connectivity index (χ4v) is 4.02. The maximum absolute atomic E-state index is 12.8. The predicted molar refractivity (Wildman–Crippen MR) is 108 cm³/mol. The van der Waals surface area contributed by atoms with Gasteiger partial charge in [-0.15, -0.1) is 0 Å². The lowest BCUT2D eigenvalue weighted by molar-refractivity contribution is 0.515. The van der Waals surface area contributed by atoms with E-state index in [0.717, 1.165) is 42.3 Å². The lowest BCUT2D eigenvalue weighted by Crippen LogP contribution is -2.26. The van der Waals surface area contributed by atoms with Gasteiger partial charge in [0.05, 0.1) is 0 Å². The maximum atomic E-state index is 12.8. The number of anilines is 2. The van der Waals surface area contributed by atoms with Crippen LogP contribution in [0, 0.1) is 11.3 Å². The first kappa shape index (κ1) is 16.5. The second-order valence-corrected chi connectivity index (χ2v) is 7.16. The molecule has 0 aliphatic heterocycles. The van der Waals surface area contributed by atoms with Crippen molar-refractivity contribution in [1.29, 1.82) is 5.26 Å². The van der Waals surface area contributed by atoms with Crippen LogP contribution in [0.1, 0.15) is 37.3 Å². The van der Waals surface area contributed by atoms with E-state index >= 15 is 0 Å². The van der Waals surface area contributed by atoms with Crippen molar-refractivity contribution in [3.8, 4) is 6.07 Å². The summed E-state index contributed by atoms with van der Waals surface area (Å²) in [6, 6.07) is 11.6. The molecule has 2 N–H and O–H groups in total. The minimum atomic E-state index is -0.264. The van der Waals surface area contributed by atoms with Gasteiger partial charge >= 0.3 is 0 Å². The van der Waals surface area contributed by atoms with Crippen molar-refractivity contribution in [2.75, 3.05) is 5.32 Å². The summed E-state index contributed by atoms with van der Waals surface area (Å²) in [6.07, 6.45) is 7.60. The smallest absolute Gasteiger partial charge is 0.270 e. The first-order chi connectivity index (χ1) is 13.7. The number of H-pyrrole nitrogens is 1. The molecule has 4 aromatic rings. The van der Waals surface area contributed by atoms with Crippen molar-refractivity contribution in [2.24, 2.45) is 0 Å². The largest absolute Gasteiger partial charge is 0.361 e. The van der Waals surface area contributed by atoms with Crippen molar-refractivity contribution < 1.29 is 0 Å². The Kier molecular flexibility index (Phi) is 3.83. The van der Waals surface area contributed by atoms with Crippen LogP contribution in [0.25, 0.3) is 21.9 Å². The molecule has 0 atom stereocenters. The van der Waals surface area contributed by atoms with E-state index < -0.39 is 0 Å². The van der Waals surface area contributed by atoms with Gasteiger partial charge in [-0.25, -0.2) is 4.98 Å². The van der Waals surface area contributed by atoms with Gasteiger partial charge < -0.3 is 10.3 Å². The number of aromatic nitrogens is 4. The zero-order valence-electron chi connectivity index (χ0n) is 15.1. The molecule has 0 unspecified atom stereocenters. The monoisotopic (exact) mass is 370 g/mol. The zero-order valence-corrected chi connectivity index (χ0v) is 15.1. The van der Waals surface area contributed by atoms with E-state index in [2.05, 4.69) is 20.3 Å². The second kappa shape index (κ2) is 6.50. The number of hydrogen-bond donors (Lipinski definition) is 2. The quantitative estimate of drug-likeness (QED) is 0.568. The van der Waals surface area contributed by atoms with E-state index in [1.165, 1.54) is 0 Å². The third kappa shape index (κ3) is 2.70. The van der Waals surface area contributed by atoms with Crippen LogP contribution in [-0.4, -0.2) is 19.5 Å². The standard InChI is InChI=1S/C21H18N6O/c22-11-14-9-15-12-24-21(25-16-5-6-18-13(10-16)7-8-23-18)26-19(15)27(20(14)28)17-3-1-2-4-17/h5-10,12,17,23H,1-4H2,(H,24,25,26). The van der Waals surface area contributed by atoms with E-state index in [1.54, 1.807) is 16.8 Å². The lowest BCUT2D eigenvalue weighted by Gasteiger charge is -2.17. The number of nitrogens with one attached hydrogen (secondary N) is 2. The fourth-order valence-electron chi connectivity index (χ4n) is 4.02. The summed E-state index contributed by atoms with van der Waals surface area (Å²) in [4.78, 5) is 25.0. The molecule has 3 heterocycles. The number of aromatic amines is 1. The molecule has 1 aliphatic carbocycles. The Labute approximate surface area is 160 Å². The molecule has 28 heavy (non-hydrogen) atoms. The molecular formula is C21H18N6O. The van der Waals surface area contributed by atoms with Crippen molar-refractivity contribution in [3.63, 3.8) is 0 Å². The van der Waals surface area contributed by atoms with Crippen LogP contribution < -0.4 is 10.9 Å². The molecule has 1 aromatic carbocycles. The van der Waals surface area contributed by atoms with Gasteiger partial charge in [-0.1, -0.05) is 12.8 Å². The van der Waals surface area contributed by atoms with E-state index in [1.807, 2.05) is 36.5 Å². The minimum Gasteiger partial charge on any atom is -0.361 e. The molecule has 0 saturated heterocycles. The molecule has 0 spiro atoms. The number of benzene rings is 1. The van der Waals surface area contributed by atoms with Crippen LogP contribution in [0.2, 0.25) is 0 Å². The highest BCUT2D eigenvalue weighted by molar-refractivity contribution is 5.84. The first-order valence-corrected chi connectivity index (χ1v) is 9.39. The average molecular weight is 370 g/mol. The lowest BCUT2D eigenvalue weighted by atomic mass is 10.2. The molecule has 3 aromatic heterocycles. The van der Waals surface area contributed by atoms with Crippen molar-refractivity contribution in [2.45, 2.75) is 31.7 Å². The van der Waals surface area contributed by atoms with Crippen molar-refractivity contribution in [3.05, 3.63) is 58.6 Å². The minimum absolute atomic E-state index is 0.0854. The van der Waals surface area contributed by atoms with Crippen LogP contribution in [0.4, 0.5) is 11.6 Å². The Hall–Kier alpha value is -3.66. The number of rotatable bonds is 3. The van der Waals surface area contributed by atoms with Gasteiger partial charge in [0.1, 0.15) is 17.3 Å². The average Bonchev–Trinajstić information content (AvgIpc) is 3.39. The van der Waals surface area contributed by atoms with Gasteiger partial charge in [0.15, 0.2) is 0 Å². The second-order valence-electron chi connectivity index (χ2n) is 7.16. The number of fused-ring (bicyclic) bond motifs is 2. The summed E-state index contributed by atoms with van der Waals surface area (Å²) < 4.78 is 1.70. The molecule has 138 valence electrons. The van der Waals surface area contributed by atoms with Crippen LogP contribution in [0.5, 0.6) is 0 Å². The molecular weight excluding hydrogens is 352 g/mol. The highest BCUT2D eigenvalue weighted by Crippen LogP contribution is 2.31. The summed E-state index contributed by atoms with van der Waals surface area (Å²) in [6.45, 7) is 0. The summed E-state index contributed by atoms with van der Waals surface area (Å²) in [7, 11) is 0. The molecule has 7 heteroatoms. The summed E-state index contributed by atoms with van der Waals surface area (Å²) in [5, 5.41) is 14.4. The molecule has 0 radical (unpaired) electrons. The van der Waals surface area contributed by atoms with Gasteiger partial charge in [-0.2, -0.15) is 10.2 Å². The molecule has 1 aliphatic rings. The normalized spacial score (nSPS) is 14.5. The Morgan fingerprint density at radius 1 is 1.18 bits per heavy atom. The van der Waals surface area contributed by atoms with Crippen molar-refractivity contribution in [1.82, 2.24) is 19.5 Å². The first-order valence-electron chi connectivity index (χ1n) is 9.39. The zero-order chi connectivity index (χ0) is 19.1. The topological polar surface area (TPSA) is 99.4 Å². The van der Waals surface area contributed by atoms with Gasteiger partial charge in [0.2, 0.25) is 5.95 Å². The SMILES string of the molecule is N#Cc1cc2cnc(Nc3ccc4[nH]ccc4c3)nc2n(C2CCCC2)c1=O. The van der Waals surface area contributed by atoms with E-state index in [9.17, 15) is 10.1 Å². The molecule has 1 saturated carbocycles. The fraction of sp³-hybridized carbons (Fsp3) is 0.238. The molecule has 7 nitrogen and oxygen atoms in total. The Bertz CT molecular complexity index is 1290. The molecule has 5 rings (SSSR count). The summed E-state index contributed by atoms with van der Waals surface area (Å²) in [5.74, 6) is 0.429. The predicted octanol–water partition coefficient (Wildman–Crippen LogP) is 4.00. The summed E-state index contributed by atoms with van der Waals surface area (Å²) in [5.41, 5.74) is 2.39. The Morgan fingerprint density at radius 2 is 2.04 bits per heavy atom. The van der Waals surface area contributed by atoms with E-state index in [4.69, 9.17) is 0 Å². The van der Waals surface area contributed by atoms with Crippen LogP contribution >= 0.6 is 0 Å². The van der Waals surface area contributed by atoms with Crippen LogP contribution in [-0.2, 0) is 0 Å². The van der Waals surface area contributed by atoms with Gasteiger partial charge in [0.25, 0.3) is 5.56 Å². The van der Waals surface area contributed by atoms with Crippen LogP contribution in [0.15, 0.2) is 47.5 Å². The Balaban J connectivity index is 1.62. The maximum Gasteiger partial charge on any atom is 0.270 e. The van der Waals surface area contributed by atoms with E-state index in [0.29, 0.717) is 17.0 Å². The molecule has 1 fully saturated rings. The number of nitriles is 1. The third-order valence-electron chi connectivity index (χ3n) is 5.39. The highest BCUT2D eigenvalue weighted by Gasteiger charge is 2.22. The van der Waals surface area contributed by atoms with Gasteiger partial charge in [-0.05, 0) is 43.2 Å². The Morgan fingerprint density at radius 3 is 2.86 bits per heavy atom. The van der Waals surface area contributed by atoms with Gasteiger partial charge in [-0.3, -0.25) is 9.36 Å². The van der Waals surface area contributed by atoms with Crippen LogP contribution in [0.3, 0.4) is 0 Å². The highest BCUT2D eigenvalue weighted by atomic mass is 16.1. The van der Waals surface area contributed by atoms with Gasteiger partial charge in [0, 0.05) is 40.4 Å². The van der Waals surface area contributed by atoms with E-state index in [-0.39, 0.29) is 17.2 Å². The number of pyridine rings is 1. The molecule has 0 amide bonds. The van der Waals surface area contributed by atoms with Crippen molar-refractivity contribution >= 4 is 33.6 Å². The molecule has 0 bridgehead atoms. The third-order valence-corrected chi connectivity index (χ3v) is 5.39. The summed E-state index contributed by atoms with van der Waals surface area (Å²) >= 11 is 0.